The minimum Gasteiger partial charge on any atom is -0.336 e. The maximum atomic E-state index is 12.7. The number of likely N-dealkylation sites (tertiary alicyclic amines) is 1. The van der Waals surface area contributed by atoms with Gasteiger partial charge in [0.1, 0.15) is 0 Å². The summed E-state index contributed by atoms with van der Waals surface area (Å²) in [5.74, 6) is -0.0271. The van der Waals surface area contributed by atoms with Gasteiger partial charge in [-0.05, 0) is 38.0 Å². The summed E-state index contributed by atoms with van der Waals surface area (Å²) in [5, 5.41) is 5.29. The monoisotopic (exact) mass is 352 g/mol. The Morgan fingerprint density at radius 2 is 2.17 bits per heavy atom. The second kappa shape index (κ2) is 6.51. The van der Waals surface area contributed by atoms with Crippen molar-refractivity contribution in [1.29, 1.82) is 0 Å². The van der Waals surface area contributed by atoms with Crippen molar-refractivity contribution in [3.05, 3.63) is 46.2 Å². The number of rotatable bonds is 2. The molecule has 1 amide bonds. The first-order valence-electron chi connectivity index (χ1n) is 7.52. The number of aromatic nitrogens is 2. The fourth-order valence-corrected chi connectivity index (χ4v) is 3.40. The minimum absolute atomic E-state index is 0.0271. The van der Waals surface area contributed by atoms with Crippen LogP contribution in [0.1, 0.15) is 30.1 Å². The van der Waals surface area contributed by atoms with Gasteiger partial charge in [0, 0.05) is 29.8 Å². The lowest BCUT2D eigenvalue weighted by atomic mass is 9.98. The lowest BCUT2D eigenvalue weighted by Gasteiger charge is -2.36. The summed E-state index contributed by atoms with van der Waals surface area (Å²) in [6.07, 6.45) is 4.91. The lowest BCUT2D eigenvalue weighted by molar-refractivity contribution is 0.0619. The summed E-state index contributed by atoms with van der Waals surface area (Å²) in [7, 11) is 0. The molecule has 0 aliphatic carbocycles. The highest BCUT2D eigenvalue weighted by molar-refractivity contribution is 6.35. The van der Waals surface area contributed by atoms with E-state index in [4.69, 9.17) is 28.9 Å². The van der Waals surface area contributed by atoms with Gasteiger partial charge >= 0.3 is 0 Å². The van der Waals surface area contributed by atoms with Crippen LogP contribution in [-0.4, -0.2) is 39.2 Å². The number of hydrogen-bond acceptors (Lipinski definition) is 3. The van der Waals surface area contributed by atoms with E-state index in [1.807, 2.05) is 11.8 Å². The van der Waals surface area contributed by atoms with Crippen LogP contribution in [0.25, 0.3) is 5.69 Å². The molecule has 7 heteroatoms. The predicted octanol–water partition coefficient (Wildman–Crippen LogP) is 3.13. The van der Waals surface area contributed by atoms with Gasteiger partial charge in [0.2, 0.25) is 0 Å². The molecule has 0 spiro atoms. The van der Waals surface area contributed by atoms with E-state index in [1.54, 1.807) is 35.3 Å². The molecule has 2 aromatic rings. The molecule has 0 saturated carbocycles. The normalized spacial score (nSPS) is 21.5. The Balaban J connectivity index is 1.82. The van der Waals surface area contributed by atoms with E-state index < -0.39 is 0 Å². The van der Waals surface area contributed by atoms with Crippen LogP contribution in [0.15, 0.2) is 30.6 Å². The molecule has 0 radical (unpaired) electrons. The Hall–Kier alpha value is -1.56. The zero-order valence-electron chi connectivity index (χ0n) is 12.7. The van der Waals surface area contributed by atoms with E-state index in [9.17, 15) is 4.79 Å². The third-order valence-electron chi connectivity index (χ3n) is 4.16. The first-order valence-corrected chi connectivity index (χ1v) is 8.28. The van der Waals surface area contributed by atoms with E-state index >= 15 is 0 Å². The number of carbonyl (C=O) groups is 1. The molecule has 23 heavy (non-hydrogen) atoms. The molecule has 3 rings (SSSR count). The van der Waals surface area contributed by atoms with Crippen molar-refractivity contribution in [3.63, 3.8) is 0 Å². The minimum atomic E-state index is -0.0271. The van der Waals surface area contributed by atoms with Gasteiger partial charge in [-0.15, -0.1) is 0 Å². The van der Waals surface area contributed by atoms with Gasteiger partial charge in [0.15, 0.2) is 0 Å². The summed E-state index contributed by atoms with van der Waals surface area (Å²) < 4.78 is 1.59. The van der Waals surface area contributed by atoms with Gasteiger partial charge in [0.05, 0.1) is 22.5 Å². The Morgan fingerprint density at radius 1 is 1.39 bits per heavy atom. The van der Waals surface area contributed by atoms with Gasteiger partial charge in [-0.3, -0.25) is 4.79 Å². The molecule has 1 aromatic heterocycles. The Labute approximate surface area is 145 Å². The molecule has 1 aromatic carbocycles. The summed E-state index contributed by atoms with van der Waals surface area (Å²) in [5.41, 5.74) is 7.18. The van der Waals surface area contributed by atoms with Crippen molar-refractivity contribution in [2.45, 2.75) is 31.8 Å². The number of nitrogens with two attached hydrogens (primary N) is 1. The maximum absolute atomic E-state index is 12.7. The van der Waals surface area contributed by atoms with E-state index in [1.165, 1.54) is 0 Å². The van der Waals surface area contributed by atoms with Crippen molar-refractivity contribution in [2.24, 2.45) is 5.73 Å². The SMILES string of the molecule is CC1CC(N)CCN1C(=O)c1cnn(-c2ccc(Cl)cc2Cl)c1. The Morgan fingerprint density at radius 3 is 2.87 bits per heavy atom. The molecule has 2 heterocycles. The molecular weight excluding hydrogens is 335 g/mol. The molecular formula is C16H18Cl2N4O. The summed E-state index contributed by atoms with van der Waals surface area (Å²) in [6, 6.07) is 5.46. The third kappa shape index (κ3) is 3.37. The number of nitrogens with zero attached hydrogens (tertiary/aromatic N) is 3. The lowest BCUT2D eigenvalue weighted by Crippen LogP contribution is -2.48. The van der Waals surface area contributed by atoms with Crippen LogP contribution in [0.3, 0.4) is 0 Å². The zero-order chi connectivity index (χ0) is 16.6. The zero-order valence-corrected chi connectivity index (χ0v) is 14.3. The van der Waals surface area contributed by atoms with E-state index in [0.717, 1.165) is 12.8 Å². The first kappa shape index (κ1) is 16.3. The molecule has 1 fully saturated rings. The second-order valence-electron chi connectivity index (χ2n) is 5.90. The van der Waals surface area contributed by atoms with Crippen LogP contribution >= 0.6 is 23.2 Å². The molecule has 2 N–H and O–H groups in total. The molecule has 0 bridgehead atoms. The topological polar surface area (TPSA) is 64.2 Å². The van der Waals surface area contributed by atoms with Crippen LogP contribution in [0.5, 0.6) is 0 Å². The quantitative estimate of drug-likeness (QED) is 0.902. The van der Waals surface area contributed by atoms with Gasteiger partial charge in [0.25, 0.3) is 5.91 Å². The van der Waals surface area contributed by atoms with Crippen LogP contribution in [0.4, 0.5) is 0 Å². The van der Waals surface area contributed by atoms with Crippen molar-refractivity contribution in [3.8, 4) is 5.69 Å². The third-order valence-corrected chi connectivity index (χ3v) is 4.70. The van der Waals surface area contributed by atoms with Crippen LogP contribution in [-0.2, 0) is 0 Å². The smallest absolute Gasteiger partial charge is 0.257 e. The van der Waals surface area contributed by atoms with Gasteiger partial charge in [-0.1, -0.05) is 23.2 Å². The predicted molar refractivity (Wildman–Crippen MR) is 91.3 cm³/mol. The molecule has 1 saturated heterocycles. The molecule has 1 aliphatic rings. The summed E-state index contributed by atoms with van der Waals surface area (Å²) in [6.45, 7) is 2.70. The largest absolute Gasteiger partial charge is 0.336 e. The fraction of sp³-hybridized carbons (Fsp3) is 0.375. The number of halogens is 2. The molecule has 1 aliphatic heterocycles. The van der Waals surface area contributed by atoms with E-state index in [0.29, 0.717) is 27.8 Å². The van der Waals surface area contributed by atoms with Crippen LogP contribution in [0, 0.1) is 0 Å². The number of carbonyl (C=O) groups excluding carboxylic acids is 1. The van der Waals surface area contributed by atoms with E-state index in [2.05, 4.69) is 5.10 Å². The summed E-state index contributed by atoms with van der Waals surface area (Å²) >= 11 is 12.1. The Kier molecular flexibility index (Phi) is 4.62. The van der Waals surface area contributed by atoms with Gasteiger partial charge < -0.3 is 10.6 Å². The average molecular weight is 353 g/mol. The standard InChI is InChI=1S/C16H18Cl2N4O/c1-10-6-13(19)4-5-21(10)16(23)11-8-20-22(9-11)15-3-2-12(17)7-14(15)18/h2-3,7-10,13H,4-6,19H2,1H3. The van der Waals surface area contributed by atoms with Crippen LogP contribution in [0.2, 0.25) is 10.0 Å². The highest BCUT2D eigenvalue weighted by Gasteiger charge is 2.28. The number of piperidine rings is 1. The summed E-state index contributed by atoms with van der Waals surface area (Å²) in [4.78, 5) is 14.5. The van der Waals surface area contributed by atoms with Gasteiger partial charge in [-0.2, -0.15) is 5.10 Å². The van der Waals surface area contributed by atoms with Crippen molar-refractivity contribution in [1.82, 2.24) is 14.7 Å². The molecule has 2 unspecified atom stereocenters. The second-order valence-corrected chi connectivity index (χ2v) is 6.74. The molecule has 5 nitrogen and oxygen atoms in total. The number of benzene rings is 1. The molecule has 122 valence electrons. The van der Waals surface area contributed by atoms with Gasteiger partial charge in [-0.25, -0.2) is 4.68 Å². The van der Waals surface area contributed by atoms with Crippen LogP contribution < -0.4 is 5.73 Å². The van der Waals surface area contributed by atoms with Crippen molar-refractivity contribution in [2.75, 3.05) is 6.54 Å². The highest BCUT2D eigenvalue weighted by Crippen LogP contribution is 2.25. The first-order chi connectivity index (χ1) is 11.0. The maximum Gasteiger partial charge on any atom is 0.257 e. The van der Waals surface area contributed by atoms with Crippen molar-refractivity contribution >= 4 is 29.1 Å². The fourth-order valence-electron chi connectivity index (χ4n) is 2.91. The van der Waals surface area contributed by atoms with E-state index in [-0.39, 0.29) is 18.0 Å². The van der Waals surface area contributed by atoms with Crippen molar-refractivity contribution < 1.29 is 4.79 Å². The number of hydrogen-bond donors (Lipinski definition) is 1. The molecule has 2 atom stereocenters. The number of amides is 1. The highest BCUT2D eigenvalue weighted by atomic mass is 35.5. The Bertz CT molecular complexity index is 731. The average Bonchev–Trinajstić information content (AvgIpc) is 2.96.